The molecule has 1 aliphatic heterocycles. The number of halogens is 1. The first-order valence-electron chi connectivity index (χ1n) is 4.34. The van der Waals surface area contributed by atoms with Crippen molar-refractivity contribution in [2.24, 2.45) is 5.41 Å². The zero-order valence-electron chi connectivity index (χ0n) is 7.86. The lowest BCUT2D eigenvalue weighted by Gasteiger charge is -2.29. The molecule has 3 heteroatoms. The zero-order valence-corrected chi connectivity index (χ0v) is 8.61. The van der Waals surface area contributed by atoms with Crippen molar-refractivity contribution in [1.29, 1.82) is 0 Å². The first-order chi connectivity index (χ1) is 5.41. The minimum absolute atomic E-state index is 0.0314. The smallest absolute Gasteiger partial charge is 0.220 e. The summed E-state index contributed by atoms with van der Waals surface area (Å²) in [5.74, 6) is 0.134. The van der Waals surface area contributed by atoms with Crippen LogP contribution in [0.2, 0.25) is 0 Å². The van der Waals surface area contributed by atoms with Crippen molar-refractivity contribution < 1.29 is 4.79 Å². The third-order valence-corrected chi connectivity index (χ3v) is 3.17. The van der Waals surface area contributed by atoms with Crippen LogP contribution >= 0.6 is 11.6 Å². The number of amides is 1. The molecule has 70 valence electrons. The highest BCUT2D eigenvalue weighted by Crippen LogP contribution is 2.30. The Balaban J connectivity index is 2.54. The van der Waals surface area contributed by atoms with Gasteiger partial charge in [-0.1, -0.05) is 20.8 Å². The van der Waals surface area contributed by atoms with Crippen molar-refractivity contribution in [3.05, 3.63) is 0 Å². The summed E-state index contributed by atoms with van der Waals surface area (Å²) in [6.07, 6.45) is 1.51. The van der Waals surface area contributed by atoms with Crippen LogP contribution in [0.3, 0.4) is 0 Å². The number of carbonyl (C=O) groups is 1. The number of rotatable bonds is 1. The van der Waals surface area contributed by atoms with Crippen molar-refractivity contribution in [3.63, 3.8) is 0 Å². The average molecular weight is 190 g/mol. The summed E-state index contributed by atoms with van der Waals surface area (Å²) in [6, 6.07) is 0.166. The highest BCUT2D eigenvalue weighted by molar-refractivity contribution is 6.21. The van der Waals surface area contributed by atoms with Crippen molar-refractivity contribution >= 4 is 17.5 Å². The van der Waals surface area contributed by atoms with Gasteiger partial charge in [-0.05, 0) is 11.8 Å². The topological polar surface area (TPSA) is 29.1 Å². The average Bonchev–Trinajstić information content (AvgIpc) is 2.32. The Morgan fingerprint density at radius 3 is 2.50 bits per heavy atom. The molecule has 12 heavy (non-hydrogen) atoms. The summed E-state index contributed by atoms with van der Waals surface area (Å²) in [7, 11) is 0. The fourth-order valence-corrected chi connectivity index (χ4v) is 1.65. The summed E-state index contributed by atoms with van der Waals surface area (Å²) in [5, 5.41) is 2.92. The SMILES string of the molecule is CC(C)(C)[C@H](Cl)[C@H]1CCC(=O)N1. The molecule has 1 amide bonds. The van der Waals surface area contributed by atoms with E-state index in [1.54, 1.807) is 0 Å². The fourth-order valence-electron chi connectivity index (χ4n) is 1.46. The van der Waals surface area contributed by atoms with E-state index in [9.17, 15) is 4.79 Å². The molecule has 1 aliphatic rings. The Kier molecular flexibility index (Phi) is 2.67. The van der Waals surface area contributed by atoms with E-state index in [0.717, 1.165) is 6.42 Å². The lowest BCUT2D eigenvalue weighted by molar-refractivity contribution is -0.119. The van der Waals surface area contributed by atoms with Crippen LogP contribution in [0.5, 0.6) is 0 Å². The van der Waals surface area contributed by atoms with Crippen LogP contribution in [0.25, 0.3) is 0 Å². The van der Waals surface area contributed by atoms with Gasteiger partial charge in [-0.3, -0.25) is 4.79 Å². The van der Waals surface area contributed by atoms with Crippen LogP contribution < -0.4 is 5.32 Å². The first-order valence-corrected chi connectivity index (χ1v) is 4.78. The van der Waals surface area contributed by atoms with Gasteiger partial charge in [-0.2, -0.15) is 0 Å². The Morgan fingerprint density at radius 2 is 2.17 bits per heavy atom. The van der Waals surface area contributed by atoms with Gasteiger partial charge in [0.15, 0.2) is 0 Å². The molecule has 1 fully saturated rings. The molecule has 0 unspecified atom stereocenters. The summed E-state index contributed by atoms with van der Waals surface area (Å²) in [6.45, 7) is 6.28. The number of nitrogens with one attached hydrogen (secondary N) is 1. The van der Waals surface area contributed by atoms with Gasteiger partial charge < -0.3 is 5.32 Å². The minimum atomic E-state index is 0.0314. The Hall–Kier alpha value is -0.240. The summed E-state index contributed by atoms with van der Waals surface area (Å²) >= 11 is 6.21. The molecular formula is C9H16ClNO. The summed E-state index contributed by atoms with van der Waals surface area (Å²) in [5.41, 5.74) is 0.0594. The zero-order chi connectivity index (χ0) is 9.35. The predicted molar refractivity (Wildman–Crippen MR) is 50.3 cm³/mol. The van der Waals surface area contributed by atoms with Gasteiger partial charge in [0.2, 0.25) is 5.91 Å². The van der Waals surface area contributed by atoms with Crippen LogP contribution in [0.15, 0.2) is 0 Å². The van der Waals surface area contributed by atoms with E-state index in [1.807, 2.05) is 0 Å². The highest BCUT2D eigenvalue weighted by atomic mass is 35.5. The van der Waals surface area contributed by atoms with Crippen molar-refractivity contribution in [3.8, 4) is 0 Å². The molecule has 0 aromatic carbocycles. The normalized spacial score (nSPS) is 27.0. The quantitative estimate of drug-likeness (QED) is 0.628. The number of hydrogen-bond donors (Lipinski definition) is 1. The van der Waals surface area contributed by atoms with Crippen molar-refractivity contribution in [2.75, 3.05) is 0 Å². The van der Waals surface area contributed by atoms with Gasteiger partial charge in [0, 0.05) is 12.5 Å². The predicted octanol–water partition coefficient (Wildman–Crippen LogP) is 1.92. The first kappa shape index (κ1) is 9.85. The van der Waals surface area contributed by atoms with Crippen LogP contribution in [-0.4, -0.2) is 17.3 Å². The summed E-state index contributed by atoms with van der Waals surface area (Å²) in [4.78, 5) is 10.9. The largest absolute Gasteiger partial charge is 0.352 e. The third-order valence-electron chi connectivity index (χ3n) is 2.21. The highest BCUT2D eigenvalue weighted by Gasteiger charge is 2.34. The molecule has 0 aliphatic carbocycles. The molecule has 0 spiro atoms. The maximum absolute atomic E-state index is 10.9. The van der Waals surface area contributed by atoms with Gasteiger partial charge in [0.25, 0.3) is 0 Å². The molecule has 1 rings (SSSR count). The van der Waals surface area contributed by atoms with E-state index in [0.29, 0.717) is 6.42 Å². The van der Waals surface area contributed by atoms with E-state index in [1.165, 1.54) is 0 Å². The Labute approximate surface area is 78.7 Å². The minimum Gasteiger partial charge on any atom is -0.352 e. The molecule has 1 heterocycles. The number of carbonyl (C=O) groups excluding carboxylic acids is 1. The van der Waals surface area contributed by atoms with Gasteiger partial charge >= 0.3 is 0 Å². The van der Waals surface area contributed by atoms with Crippen molar-refractivity contribution in [2.45, 2.75) is 45.0 Å². The van der Waals surface area contributed by atoms with Gasteiger partial charge in [0.05, 0.1) is 5.38 Å². The monoisotopic (exact) mass is 189 g/mol. The summed E-state index contributed by atoms with van der Waals surface area (Å²) < 4.78 is 0. The van der Waals surface area contributed by atoms with E-state index >= 15 is 0 Å². The fraction of sp³-hybridized carbons (Fsp3) is 0.889. The lowest BCUT2D eigenvalue weighted by atomic mass is 9.87. The van der Waals surface area contributed by atoms with Crippen LogP contribution in [0, 0.1) is 5.41 Å². The van der Waals surface area contributed by atoms with Gasteiger partial charge in [0.1, 0.15) is 0 Å². The molecule has 0 aromatic heterocycles. The van der Waals surface area contributed by atoms with Crippen LogP contribution in [-0.2, 0) is 4.79 Å². The van der Waals surface area contributed by atoms with E-state index in [2.05, 4.69) is 26.1 Å². The molecular weight excluding hydrogens is 174 g/mol. The third kappa shape index (κ3) is 2.13. The Morgan fingerprint density at radius 1 is 1.58 bits per heavy atom. The molecule has 0 bridgehead atoms. The van der Waals surface area contributed by atoms with Crippen LogP contribution in [0.1, 0.15) is 33.6 Å². The maximum Gasteiger partial charge on any atom is 0.220 e. The molecule has 0 radical (unpaired) electrons. The molecule has 2 atom stereocenters. The second-order valence-electron chi connectivity index (χ2n) is 4.48. The number of alkyl halides is 1. The molecule has 0 saturated carbocycles. The molecule has 0 aromatic rings. The lowest BCUT2D eigenvalue weighted by Crippen LogP contribution is -2.40. The second-order valence-corrected chi connectivity index (χ2v) is 4.95. The number of hydrogen-bond acceptors (Lipinski definition) is 1. The second kappa shape index (κ2) is 3.25. The van der Waals surface area contributed by atoms with Crippen molar-refractivity contribution in [1.82, 2.24) is 5.32 Å². The molecule has 2 nitrogen and oxygen atoms in total. The maximum atomic E-state index is 10.9. The van der Waals surface area contributed by atoms with Crippen LogP contribution in [0.4, 0.5) is 0 Å². The molecule has 1 N–H and O–H groups in total. The standard InChI is InChI=1S/C9H16ClNO/c1-9(2,3)8(10)6-4-5-7(12)11-6/h6,8H,4-5H2,1-3H3,(H,11,12)/t6-,8-/m1/s1. The van der Waals surface area contributed by atoms with Gasteiger partial charge in [-0.15, -0.1) is 11.6 Å². The molecule has 1 saturated heterocycles. The van der Waals surface area contributed by atoms with E-state index in [4.69, 9.17) is 11.6 Å². The van der Waals surface area contributed by atoms with E-state index < -0.39 is 0 Å². The Bertz CT molecular complexity index is 185. The van der Waals surface area contributed by atoms with E-state index in [-0.39, 0.29) is 22.7 Å². The van der Waals surface area contributed by atoms with Gasteiger partial charge in [-0.25, -0.2) is 0 Å².